The lowest BCUT2D eigenvalue weighted by molar-refractivity contribution is -0.123. The van der Waals surface area contributed by atoms with E-state index in [0.717, 1.165) is 12.7 Å². The van der Waals surface area contributed by atoms with Crippen molar-refractivity contribution in [3.8, 4) is 5.75 Å². The maximum absolute atomic E-state index is 11.6. The van der Waals surface area contributed by atoms with Crippen molar-refractivity contribution in [1.29, 1.82) is 0 Å². The third kappa shape index (κ3) is 7.11. The van der Waals surface area contributed by atoms with Crippen molar-refractivity contribution < 1.29 is 17.9 Å². The number of nitrogens with one attached hydrogen (secondary N) is 1. The second kappa shape index (κ2) is 8.97. The number of sulfonamides is 1. The van der Waals surface area contributed by atoms with Crippen LogP contribution in [0.2, 0.25) is 5.02 Å². The zero-order valence-corrected chi connectivity index (χ0v) is 14.3. The standard InChI is InChI=1S/C14H21ClN2O4S/c1-3-9-17(22(2,19)20)10-8-16-14(18)11-21-13-6-4-12(15)5-7-13/h4-7H,3,8-11H2,1-2H3,(H,16,18). The Hall–Kier alpha value is -1.31. The third-order valence-electron chi connectivity index (χ3n) is 2.81. The van der Waals surface area contributed by atoms with Gasteiger partial charge < -0.3 is 10.1 Å². The van der Waals surface area contributed by atoms with E-state index in [1.807, 2.05) is 6.92 Å². The second-order valence-corrected chi connectivity index (χ2v) is 7.17. The Labute approximate surface area is 136 Å². The molecule has 0 saturated heterocycles. The molecule has 1 aromatic rings. The Morgan fingerprint density at radius 2 is 1.91 bits per heavy atom. The molecule has 0 atom stereocenters. The number of amides is 1. The highest BCUT2D eigenvalue weighted by molar-refractivity contribution is 7.88. The van der Waals surface area contributed by atoms with Crippen LogP contribution in [0.1, 0.15) is 13.3 Å². The van der Waals surface area contributed by atoms with Gasteiger partial charge in [0.05, 0.1) is 6.26 Å². The lowest BCUT2D eigenvalue weighted by atomic mass is 10.3. The molecule has 124 valence electrons. The Morgan fingerprint density at radius 3 is 2.45 bits per heavy atom. The molecule has 0 bridgehead atoms. The van der Waals surface area contributed by atoms with Crippen molar-refractivity contribution >= 4 is 27.5 Å². The molecule has 22 heavy (non-hydrogen) atoms. The van der Waals surface area contributed by atoms with Crippen LogP contribution >= 0.6 is 11.6 Å². The maximum Gasteiger partial charge on any atom is 0.257 e. The summed E-state index contributed by atoms with van der Waals surface area (Å²) < 4.78 is 29.7. The van der Waals surface area contributed by atoms with E-state index in [9.17, 15) is 13.2 Å². The SMILES string of the molecule is CCCN(CCNC(=O)COc1ccc(Cl)cc1)S(C)(=O)=O. The molecule has 0 aliphatic heterocycles. The molecular weight excluding hydrogens is 328 g/mol. The predicted molar refractivity (Wildman–Crippen MR) is 86.7 cm³/mol. The fourth-order valence-electron chi connectivity index (χ4n) is 1.74. The fourth-order valence-corrected chi connectivity index (χ4v) is 2.81. The summed E-state index contributed by atoms with van der Waals surface area (Å²) in [5, 5.41) is 3.22. The molecule has 1 N–H and O–H groups in total. The van der Waals surface area contributed by atoms with Crippen molar-refractivity contribution in [3.05, 3.63) is 29.3 Å². The van der Waals surface area contributed by atoms with E-state index < -0.39 is 10.0 Å². The number of hydrogen-bond donors (Lipinski definition) is 1. The summed E-state index contributed by atoms with van der Waals surface area (Å²) in [6, 6.07) is 6.68. The van der Waals surface area contributed by atoms with Gasteiger partial charge in [0.25, 0.3) is 5.91 Å². The van der Waals surface area contributed by atoms with Crippen molar-refractivity contribution in [1.82, 2.24) is 9.62 Å². The smallest absolute Gasteiger partial charge is 0.257 e. The van der Waals surface area contributed by atoms with E-state index in [2.05, 4.69) is 5.32 Å². The number of carbonyl (C=O) groups excluding carboxylic acids is 1. The number of nitrogens with zero attached hydrogens (tertiary/aromatic N) is 1. The van der Waals surface area contributed by atoms with Gasteiger partial charge in [-0.1, -0.05) is 18.5 Å². The zero-order valence-electron chi connectivity index (χ0n) is 12.7. The van der Waals surface area contributed by atoms with Crippen LogP contribution in [0.4, 0.5) is 0 Å². The topological polar surface area (TPSA) is 75.7 Å². The minimum atomic E-state index is -3.25. The van der Waals surface area contributed by atoms with Crippen molar-refractivity contribution in [2.24, 2.45) is 0 Å². The number of carbonyl (C=O) groups is 1. The molecule has 0 fully saturated rings. The number of ether oxygens (including phenoxy) is 1. The van der Waals surface area contributed by atoms with E-state index in [1.165, 1.54) is 4.31 Å². The summed E-state index contributed by atoms with van der Waals surface area (Å²) in [7, 11) is -3.25. The monoisotopic (exact) mass is 348 g/mol. The normalized spacial score (nSPS) is 11.5. The van der Waals surface area contributed by atoms with Crippen LogP contribution in [0.3, 0.4) is 0 Å². The van der Waals surface area contributed by atoms with Gasteiger partial charge in [-0.3, -0.25) is 4.79 Å². The summed E-state index contributed by atoms with van der Waals surface area (Å²) in [6.45, 7) is 2.70. The van der Waals surface area contributed by atoms with E-state index in [-0.39, 0.29) is 25.6 Å². The van der Waals surface area contributed by atoms with Crippen LogP contribution in [-0.4, -0.2) is 51.1 Å². The minimum absolute atomic E-state index is 0.131. The number of benzene rings is 1. The molecule has 1 aromatic carbocycles. The van der Waals surface area contributed by atoms with Crippen LogP contribution in [0.5, 0.6) is 5.75 Å². The Kier molecular flexibility index (Phi) is 7.64. The van der Waals surface area contributed by atoms with E-state index in [4.69, 9.17) is 16.3 Å². The van der Waals surface area contributed by atoms with Crippen molar-refractivity contribution in [3.63, 3.8) is 0 Å². The summed E-state index contributed by atoms with van der Waals surface area (Å²) in [5.74, 6) is 0.239. The molecule has 6 nitrogen and oxygen atoms in total. The second-order valence-electron chi connectivity index (χ2n) is 4.75. The van der Waals surface area contributed by atoms with Crippen molar-refractivity contribution in [2.45, 2.75) is 13.3 Å². The summed E-state index contributed by atoms with van der Waals surface area (Å²) in [4.78, 5) is 11.6. The molecule has 0 spiro atoms. The first-order chi connectivity index (χ1) is 10.3. The maximum atomic E-state index is 11.6. The van der Waals surface area contributed by atoms with Gasteiger partial charge in [-0.2, -0.15) is 0 Å². The molecule has 0 radical (unpaired) electrons. The molecule has 0 aliphatic rings. The highest BCUT2D eigenvalue weighted by Gasteiger charge is 2.15. The van der Waals surface area contributed by atoms with Gasteiger partial charge in [-0.05, 0) is 30.7 Å². The van der Waals surface area contributed by atoms with E-state index in [0.29, 0.717) is 17.3 Å². The van der Waals surface area contributed by atoms with Gasteiger partial charge in [0.15, 0.2) is 6.61 Å². The molecule has 0 aliphatic carbocycles. The van der Waals surface area contributed by atoms with Gasteiger partial charge in [-0.15, -0.1) is 0 Å². The third-order valence-corrected chi connectivity index (χ3v) is 4.36. The molecule has 1 rings (SSSR count). The minimum Gasteiger partial charge on any atom is -0.484 e. The van der Waals surface area contributed by atoms with Crippen LogP contribution in [-0.2, 0) is 14.8 Å². The molecule has 0 unspecified atom stereocenters. The first-order valence-electron chi connectivity index (χ1n) is 6.93. The van der Waals surface area contributed by atoms with Gasteiger partial charge in [0.2, 0.25) is 10.0 Å². The molecular formula is C14H21ClN2O4S. The Bertz CT molecular complexity index is 575. The highest BCUT2D eigenvalue weighted by Crippen LogP contribution is 2.15. The molecule has 8 heteroatoms. The van der Waals surface area contributed by atoms with Crippen LogP contribution in [0.15, 0.2) is 24.3 Å². The van der Waals surface area contributed by atoms with Gasteiger partial charge in [0, 0.05) is 24.7 Å². The fraction of sp³-hybridized carbons (Fsp3) is 0.500. The molecule has 0 heterocycles. The predicted octanol–water partition coefficient (Wildman–Crippen LogP) is 1.51. The molecule has 0 aromatic heterocycles. The summed E-state index contributed by atoms with van der Waals surface area (Å²) in [6.07, 6.45) is 1.88. The zero-order chi connectivity index (χ0) is 16.6. The van der Waals surface area contributed by atoms with Gasteiger partial charge in [-0.25, -0.2) is 12.7 Å². The lowest BCUT2D eigenvalue weighted by Gasteiger charge is -2.19. The van der Waals surface area contributed by atoms with Gasteiger partial charge in [0.1, 0.15) is 5.75 Å². The number of rotatable bonds is 9. The Morgan fingerprint density at radius 1 is 1.27 bits per heavy atom. The van der Waals surface area contributed by atoms with Crippen LogP contribution in [0.25, 0.3) is 0 Å². The molecule has 0 saturated carbocycles. The highest BCUT2D eigenvalue weighted by atomic mass is 35.5. The average molecular weight is 349 g/mol. The first-order valence-corrected chi connectivity index (χ1v) is 9.15. The van der Waals surface area contributed by atoms with Crippen LogP contribution < -0.4 is 10.1 Å². The van der Waals surface area contributed by atoms with Gasteiger partial charge >= 0.3 is 0 Å². The largest absolute Gasteiger partial charge is 0.484 e. The van der Waals surface area contributed by atoms with Crippen LogP contribution in [0, 0.1) is 0 Å². The Balaban J connectivity index is 2.32. The quantitative estimate of drug-likeness (QED) is 0.734. The lowest BCUT2D eigenvalue weighted by Crippen LogP contribution is -2.39. The number of hydrogen-bond acceptors (Lipinski definition) is 4. The van der Waals surface area contributed by atoms with Crippen molar-refractivity contribution in [2.75, 3.05) is 32.5 Å². The number of halogens is 1. The van der Waals surface area contributed by atoms with E-state index >= 15 is 0 Å². The average Bonchev–Trinajstić information content (AvgIpc) is 2.45. The first kappa shape index (κ1) is 18.7. The molecule has 1 amide bonds. The summed E-state index contributed by atoms with van der Waals surface area (Å²) >= 11 is 5.75. The van der Waals surface area contributed by atoms with E-state index in [1.54, 1.807) is 24.3 Å². The summed E-state index contributed by atoms with van der Waals surface area (Å²) in [5.41, 5.74) is 0.